The van der Waals surface area contributed by atoms with E-state index < -0.39 is 10.8 Å². The summed E-state index contributed by atoms with van der Waals surface area (Å²) in [5.41, 5.74) is 0.649. The minimum atomic E-state index is -0.565. The Kier molecular flexibility index (Phi) is 4.04. The van der Waals surface area contributed by atoms with E-state index in [1.54, 1.807) is 13.0 Å². The van der Waals surface area contributed by atoms with Crippen LogP contribution < -0.4 is 5.32 Å². The topological polar surface area (TPSA) is 114 Å². The van der Waals surface area contributed by atoms with Gasteiger partial charge in [-0.3, -0.25) is 20.0 Å². The van der Waals surface area contributed by atoms with Gasteiger partial charge in [-0.05, 0) is 18.6 Å². The molecule has 0 bridgehead atoms. The van der Waals surface area contributed by atoms with Crippen LogP contribution in [0.4, 0.5) is 5.69 Å². The predicted octanol–water partition coefficient (Wildman–Crippen LogP) is 0.994. The van der Waals surface area contributed by atoms with Crippen LogP contribution in [0.3, 0.4) is 0 Å². The maximum absolute atomic E-state index is 12.0. The predicted molar refractivity (Wildman–Crippen MR) is 70.3 cm³/mol. The molecule has 1 aromatic heterocycles. The molecular weight excluding hydrogens is 262 g/mol. The minimum Gasteiger partial charge on any atom is -0.351 e. The average molecular weight is 275 g/mol. The molecule has 0 spiro atoms. The number of nitro benzene ring substituents is 1. The zero-order chi connectivity index (χ0) is 14.5. The monoisotopic (exact) mass is 275 g/mol. The first-order valence-electron chi connectivity index (χ1n) is 5.95. The Morgan fingerprint density at radius 3 is 2.95 bits per heavy atom. The van der Waals surface area contributed by atoms with E-state index in [-0.39, 0.29) is 11.3 Å². The summed E-state index contributed by atoms with van der Waals surface area (Å²) in [6, 6.07) is 4.44. The molecule has 0 aliphatic rings. The van der Waals surface area contributed by atoms with E-state index in [9.17, 15) is 14.9 Å². The molecule has 1 heterocycles. The molecule has 0 aliphatic carbocycles. The molecule has 0 radical (unpaired) electrons. The quantitative estimate of drug-likeness (QED) is 0.624. The van der Waals surface area contributed by atoms with E-state index in [4.69, 9.17) is 0 Å². The molecule has 0 unspecified atom stereocenters. The molecule has 8 nitrogen and oxygen atoms in total. The molecule has 0 saturated carbocycles. The SMILES string of the molecule is Cc1ccc([N+](=O)[O-])c(C(=O)NCCc2ncn[nH]2)c1. The Hall–Kier alpha value is -2.77. The van der Waals surface area contributed by atoms with Crippen molar-refractivity contribution in [2.24, 2.45) is 0 Å². The average Bonchev–Trinajstić information content (AvgIpc) is 2.91. The van der Waals surface area contributed by atoms with Crippen molar-refractivity contribution < 1.29 is 9.72 Å². The van der Waals surface area contributed by atoms with Crippen LogP contribution in [-0.4, -0.2) is 32.6 Å². The molecule has 1 amide bonds. The van der Waals surface area contributed by atoms with Crippen molar-refractivity contribution in [1.29, 1.82) is 0 Å². The standard InChI is InChI=1S/C12H13N5O3/c1-8-2-3-10(17(19)20)9(6-8)12(18)13-5-4-11-14-7-15-16-11/h2-3,6-7H,4-5H2,1H3,(H,13,18)(H,14,15,16). The van der Waals surface area contributed by atoms with Gasteiger partial charge < -0.3 is 5.32 Å². The van der Waals surface area contributed by atoms with Gasteiger partial charge in [0.2, 0.25) is 0 Å². The number of nitrogens with zero attached hydrogens (tertiary/aromatic N) is 3. The van der Waals surface area contributed by atoms with Gasteiger partial charge in [-0.1, -0.05) is 6.07 Å². The summed E-state index contributed by atoms with van der Waals surface area (Å²) in [4.78, 5) is 26.2. The zero-order valence-corrected chi connectivity index (χ0v) is 10.8. The van der Waals surface area contributed by atoms with Crippen molar-refractivity contribution >= 4 is 11.6 Å². The smallest absolute Gasteiger partial charge is 0.282 e. The number of hydrogen-bond acceptors (Lipinski definition) is 5. The maximum atomic E-state index is 12.0. The third kappa shape index (κ3) is 3.16. The summed E-state index contributed by atoms with van der Waals surface area (Å²) in [7, 11) is 0. The van der Waals surface area contributed by atoms with Gasteiger partial charge in [-0.25, -0.2) is 4.98 Å². The van der Waals surface area contributed by atoms with Crippen LogP contribution in [0.5, 0.6) is 0 Å². The highest BCUT2D eigenvalue weighted by molar-refractivity contribution is 5.98. The summed E-state index contributed by atoms with van der Waals surface area (Å²) in [5, 5.41) is 19.9. The molecule has 2 N–H and O–H groups in total. The van der Waals surface area contributed by atoms with Crippen LogP contribution in [-0.2, 0) is 6.42 Å². The lowest BCUT2D eigenvalue weighted by molar-refractivity contribution is -0.385. The fourth-order valence-corrected chi connectivity index (χ4v) is 1.73. The van der Waals surface area contributed by atoms with E-state index in [0.717, 1.165) is 5.56 Å². The lowest BCUT2D eigenvalue weighted by atomic mass is 10.1. The summed E-state index contributed by atoms with van der Waals surface area (Å²) in [6.07, 6.45) is 1.86. The van der Waals surface area contributed by atoms with Gasteiger partial charge >= 0.3 is 0 Å². The van der Waals surface area contributed by atoms with Gasteiger partial charge in [0.1, 0.15) is 17.7 Å². The van der Waals surface area contributed by atoms with Crippen LogP contribution in [0.25, 0.3) is 0 Å². The Bertz CT molecular complexity index is 624. The second-order valence-corrected chi connectivity index (χ2v) is 4.22. The maximum Gasteiger partial charge on any atom is 0.282 e. The lowest BCUT2D eigenvalue weighted by Gasteiger charge is -2.05. The number of carbonyl (C=O) groups is 1. The third-order valence-electron chi connectivity index (χ3n) is 2.71. The molecule has 0 atom stereocenters. The fraction of sp³-hybridized carbons (Fsp3) is 0.250. The van der Waals surface area contributed by atoms with E-state index in [1.165, 1.54) is 18.5 Å². The Morgan fingerprint density at radius 1 is 1.50 bits per heavy atom. The van der Waals surface area contributed by atoms with Crippen molar-refractivity contribution in [2.75, 3.05) is 6.54 Å². The van der Waals surface area contributed by atoms with E-state index >= 15 is 0 Å². The number of aryl methyl sites for hydroxylation is 1. The molecule has 2 rings (SSSR count). The van der Waals surface area contributed by atoms with Crippen LogP contribution in [0.2, 0.25) is 0 Å². The summed E-state index contributed by atoms with van der Waals surface area (Å²) in [6.45, 7) is 2.09. The first-order chi connectivity index (χ1) is 9.58. The van der Waals surface area contributed by atoms with Gasteiger partial charge in [0.25, 0.3) is 11.6 Å². The zero-order valence-electron chi connectivity index (χ0n) is 10.8. The molecule has 0 fully saturated rings. The van der Waals surface area contributed by atoms with E-state index in [0.29, 0.717) is 18.8 Å². The highest BCUT2D eigenvalue weighted by Crippen LogP contribution is 2.19. The molecule has 104 valence electrons. The van der Waals surface area contributed by atoms with Crippen molar-refractivity contribution in [3.8, 4) is 0 Å². The Balaban J connectivity index is 2.05. The highest BCUT2D eigenvalue weighted by atomic mass is 16.6. The number of H-pyrrole nitrogens is 1. The first kappa shape index (κ1) is 13.7. The molecule has 2 aromatic rings. The normalized spacial score (nSPS) is 10.2. The first-order valence-corrected chi connectivity index (χ1v) is 5.95. The number of aromatic amines is 1. The van der Waals surface area contributed by atoms with Crippen molar-refractivity contribution in [2.45, 2.75) is 13.3 Å². The second-order valence-electron chi connectivity index (χ2n) is 4.22. The molecule has 0 saturated heterocycles. The Morgan fingerprint density at radius 2 is 2.30 bits per heavy atom. The molecular formula is C12H13N5O3. The third-order valence-corrected chi connectivity index (χ3v) is 2.71. The number of benzene rings is 1. The van der Waals surface area contributed by atoms with Gasteiger partial charge in [0.05, 0.1) is 4.92 Å². The number of hydrogen-bond donors (Lipinski definition) is 2. The van der Waals surface area contributed by atoms with Crippen molar-refractivity contribution in [3.63, 3.8) is 0 Å². The van der Waals surface area contributed by atoms with Gasteiger partial charge in [0.15, 0.2) is 0 Å². The lowest BCUT2D eigenvalue weighted by Crippen LogP contribution is -2.26. The second kappa shape index (κ2) is 5.91. The molecule has 8 heteroatoms. The number of nitro groups is 1. The Labute approximate surface area is 114 Å². The van der Waals surface area contributed by atoms with E-state index in [2.05, 4.69) is 20.5 Å². The number of amides is 1. The largest absolute Gasteiger partial charge is 0.351 e. The molecule has 20 heavy (non-hydrogen) atoms. The van der Waals surface area contributed by atoms with Crippen molar-refractivity contribution in [3.05, 3.63) is 51.6 Å². The molecule has 0 aliphatic heterocycles. The summed E-state index contributed by atoms with van der Waals surface area (Å²) >= 11 is 0. The number of aromatic nitrogens is 3. The minimum absolute atomic E-state index is 0.0626. The summed E-state index contributed by atoms with van der Waals surface area (Å²) in [5.74, 6) is 0.170. The molecule has 1 aromatic carbocycles. The van der Waals surface area contributed by atoms with Gasteiger partial charge in [-0.2, -0.15) is 5.10 Å². The number of nitrogens with one attached hydrogen (secondary N) is 2. The van der Waals surface area contributed by atoms with Crippen LogP contribution in [0, 0.1) is 17.0 Å². The number of carbonyl (C=O) groups excluding carboxylic acids is 1. The van der Waals surface area contributed by atoms with E-state index in [1.807, 2.05) is 0 Å². The summed E-state index contributed by atoms with van der Waals surface area (Å²) < 4.78 is 0. The van der Waals surface area contributed by atoms with Crippen LogP contribution in [0.15, 0.2) is 24.5 Å². The van der Waals surface area contributed by atoms with Crippen molar-refractivity contribution in [1.82, 2.24) is 20.5 Å². The fourth-order valence-electron chi connectivity index (χ4n) is 1.73. The van der Waals surface area contributed by atoms with Crippen LogP contribution >= 0.6 is 0 Å². The van der Waals surface area contributed by atoms with Gasteiger partial charge in [-0.15, -0.1) is 0 Å². The number of rotatable bonds is 5. The van der Waals surface area contributed by atoms with Crippen LogP contribution in [0.1, 0.15) is 21.7 Å². The highest BCUT2D eigenvalue weighted by Gasteiger charge is 2.19. The van der Waals surface area contributed by atoms with Gasteiger partial charge in [0, 0.05) is 19.0 Å².